The van der Waals surface area contributed by atoms with Crippen LogP contribution < -0.4 is 10.6 Å². The molecule has 0 atom stereocenters. The Balaban J connectivity index is 1.76. The van der Waals surface area contributed by atoms with Gasteiger partial charge in [0, 0.05) is 36.7 Å². The molecule has 0 aliphatic carbocycles. The molecule has 2 aromatic rings. The second-order valence-electron chi connectivity index (χ2n) is 6.74. The van der Waals surface area contributed by atoms with E-state index in [1.54, 1.807) is 40.0 Å². The molecule has 0 radical (unpaired) electrons. The van der Waals surface area contributed by atoms with Gasteiger partial charge in [-0.25, -0.2) is 0 Å². The van der Waals surface area contributed by atoms with Crippen LogP contribution in [0.2, 0.25) is 0 Å². The smallest absolute Gasteiger partial charge is 0.253 e. The van der Waals surface area contributed by atoms with Gasteiger partial charge in [0.05, 0.1) is 0 Å². The summed E-state index contributed by atoms with van der Waals surface area (Å²) >= 11 is 0. The van der Waals surface area contributed by atoms with Crippen molar-refractivity contribution in [1.29, 1.82) is 0 Å². The molecule has 1 aromatic carbocycles. The number of piperidine rings is 1. The van der Waals surface area contributed by atoms with E-state index in [9.17, 15) is 9.59 Å². The molecule has 27 heavy (non-hydrogen) atoms. The molecular weight excluding hydrogens is 342 g/mol. The van der Waals surface area contributed by atoms with Gasteiger partial charge in [-0.1, -0.05) is 0 Å². The summed E-state index contributed by atoms with van der Waals surface area (Å²) in [4.78, 5) is 27.3. The highest BCUT2D eigenvalue weighted by Gasteiger charge is 2.42. The minimum atomic E-state index is -0.690. The van der Waals surface area contributed by atoms with Crippen molar-refractivity contribution < 1.29 is 9.59 Å². The monoisotopic (exact) mass is 369 g/mol. The summed E-state index contributed by atoms with van der Waals surface area (Å²) in [5, 5.41) is 10.6. The Kier molecular flexibility index (Phi) is 5.91. The molecule has 1 saturated heterocycles. The lowest BCUT2D eigenvalue weighted by atomic mass is 9.87. The number of amides is 2. The van der Waals surface area contributed by atoms with Gasteiger partial charge in [-0.3, -0.25) is 14.3 Å². The molecule has 7 nitrogen and oxygen atoms in total. The van der Waals surface area contributed by atoms with Crippen LogP contribution >= 0.6 is 0 Å². The first-order valence-electron chi connectivity index (χ1n) is 9.52. The molecule has 0 saturated carbocycles. The Morgan fingerprint density at radius 1 is 1.19 bits per heavy atom. The van der Waals surface area contributed by atoms with Crippen molar-refractivity contribution in [2.75, 3.05) is 31.5 Å². The highest BCUT2D eigenvalue weighted by Crippen LogP contribution is 2.28. The number of aromatic nitrogens is 2. The lowest BCUT2D eigenvalue weighted by Crippen LogP contribution is -2.52. The highest BCUT2D eigenvalue weighted by molar-refractivity contribution is 5.98. The first-order chi connectivity index (χ1) is 13.1. The molecule has 0 unspecified atom stereocenters. The van der Waals surface area contributed by atoms with E-state index in [1.165, 1.54) is 0 Å². The van der Waals surface area contributed by atoms with Gasteiger partial charge in [0.15, 0.2) is 0 Å². The van der Waals surface area contributed by atoms with Crippen molar-refractivity contribution in [2.24, 2.45) is 0 Å². The number of benzene rings is 1. The van der Waals surface area contributed by atoms with Crippen molar-refractivity contribution in [3.8, 4) is 0 Å². The quantitative estimate of drug-likeness (QED) is 0.817. The fraction of sp³-hybridized carbons (Fsp3) is 0.450. The molecule has 2 N–H and O–H groups in total. The molecule has 0 spiro atoms. The largest absolute Gasteiger partial charge is 0.339 e. The average Bonchev–Trinajstić information content (AvgIpc) is 3.25. The number of carbonyl (C=O) groups is 2. The van der Waals surface area contributed by atoms with Crippen LogP contribution in [-0.2, 0) is 10.3 Å². The summed E-state index contributed by atoms with van der Waals surface area (Å²) in [5.74, 6) is -0.0697. The summed E-state index contributed by atoms with van der Waals surface area (Å²) < 4.78 is 1.77. The maximum atomic E-state index is 13.1. The normalized spacial score (nSPS) is 15.9. The third kappa shape index (κ3) is 3.88. The predicted molar refractivity (Wildman–Crippen MR) is 105 cm³/mol. The van der Waals surface area contributed by atoms with Crippen molar-refractivity contribution in [2.45, 2.75) is 32.2 Å². The lowest BCUT2D eigenvalue weighted by molar-refractivity contribution is -0.126. The van der Waals surface area contributed by atoms with Crippen LogP contribution in [0.5, 0.6) is 0 Å². The Bertz CT molecular complexity index is 760. The standard InChI is InChI=1S/C20H27N5O2/c1-3-24(4-2)18(26)16-6-8-17(9-7-16)23-19(27)20(10-13-21-14-11-20)25-15-5-12-22-25/h5-9,12,15,21H,3-4,10-11,13-14H2,1-2H3,(H,23,27). The Labute approximate surface area is 159 Å². The fourth-order valence-electron chi connectivity index (χ4n) is 3.56. The summed E-state index contributed by atoms with van der Waals surface area (Å²) in [6.07, 6.45) is 4.90. The van der Waals surface area contributed by atoms with Gasteiger partial charge in [0.1, 0.15) is 5.54 Å². The van der Waals surface area contributed by atoms with Crippen molar-refractivity contribution in [3.05, 3.63) is 48.3 Å². The first-order valence-corrected chi connectivity index (χ1v) is 9.52. The Morgan fingerprint density at radius 2 is 1.85 bits per heavy atom. The third-order valence-corrected chi connectivity index (χ3v) is 5.24. The highest BCUT2D eigenvalue weighted by atomic mass is 16.2. The van der Waals surface area contributed by atoms with E-state index in [1.807, 2.05) is 26.1 Å². The molecule has 0 bridgehead atoms. The van der Waals surface area contributed by atoms with E-state index in [0.717, 1.165) is 13.1 Å². The van der Waals surface area contributed by atoms with E-state index in [4.69, 9.17) is 0 Å². The molecule has 144 valence electrons. The molecular formula is C20H27N5O2. The van der Waals surface area contributed by atoms with Gasteiger partial charge in [0.25, 0.3) is 11.8 Å². The molecule has 7 heteroatoms. The van der Waals surface area contributed by atoms with Gasteiger partial charge in [-0.2, -0.15) is 5.10 Å². The number of rotatable bonds is 6. The number of nitrogens with zero attached hydrogens (tertiary/aromatic N) is 3. The zero-order valence-corrected chi connectivity index (χ0v) is 15.9. The SMILES string of the molecule is CCN(CC)C(=O)c1ccc(NC(=O)C2(n3cccn3)CCNCC2)cc1. The maximum absolute atomic E-state index is 13.1. The zero-order valence-electron chi connectivity index (χ0n) is 15.9. The van der Waals surface area contributed by atoms with E-state index in [0.29, 0.717) is 37.2 Å². The molecule has 1 fully saturated rings. The molecule has 1 aliphatic rings. The van der Waals surface area contributed by atoms with Gasteiger partial charge < -0.3 is 15.5 Å². The second kappa shape index (κ2) is 8.35. The number of nitrogens with one attached hydrogen (secondary N) is 2. The first kappa shape index (κ1) is 19.1. The maximum Gasteiger partial charge on any atom is 0.253 e. The number of hydrogen-bond acceptors (Lipinski definition) is 4. The summed E-state index contributed by atoms with van der Waals surface area (Å²) in [6, 6.07) is 8.93. The molecule has 1 aromatic heterocycles. The van der Waals surface area contributed by atoms with E-state index in [-0.39, 0.29) is 11.8 Å². The van der Waals surface area contributed by atoms with E-state index >= 15 is 0 Å². The number of carbonyl (C=O) groups excluding carboxylic acids is 2. The van der Waals surface area contributed by atoms with Gasteiger partial charge in [-0.05, 0) is 70.1 Å². The van der Waals surface area contributed by atoms with Crippen LogP contribution in [0.3, 0.4) is 0 Å². The molecule has 2 amide bonds. The van der Waals surface area contributed by atoms with Gasteiger partial charge in [0.2, 0.25) is 0 Å². The van der Waals surface area contributed by atoms with Crippen molar-refractivity contribution >= 4 is 17.5 Å². The topological polar surface area (TPSA) is 79.3 Å². The molecule has 3 rings (SSSR count). The lowest BCUT2D eigenvalue weighted by Gasteiger charge is -2.36. The van der Waals surface area contributed by atoms with Crippen LogP contribution in [0.15, 0.2) is 42.7 Å². The van der Waals surface area contributed by atoms with Gasteiger partial charge in [-0.15, -0.1) is 0 Å². The number of anilines is 1. The Hall–Kier alpha value is -2.67. The van der Waals surface area contributed by atoms with Crippen LogP contribution in [-0.4, -0.2) is 52.7 Å². The second-order valence-corrected chi connectivity index (χ2v) is 6.74. The van der Waals surface area contributed by atoms with Crippen LogP contribution in [0.25, 0.3) is 0 Å². The minimum Gasteiger partial charge on any atom is -0.339 e. The Morgan fingerprint density at radius 3 is 2.41 bits per heavy atom. The number of hydrogen-bond donors (Lipinski definition) is 2. The van der Waals surface area contributed by atoms with Crippen molar-refractivity contribution in [3.63, 3.8) is 0 Å². The third-order valence-electron chi connectivity index (χ3n) is 5.24. The summed E-state index contributed by atoms with van der Waals surface area (Å²) in [6.45, 7) is 6.81. The van der Waals surface area contributed by atoms with E-state index in [2.05, 4.69) is 15.7 Å². The minimum absolute atomic E-state index is 0.00393. The van der Waals surface area contributed by atoms with Crippen LogP contribution in [0.1, 0.15) is 37.0 Å². The average molecular weight is 369 g/mol. The van der Waals surface area contributed by atoms with Gasteiger partial charge >= 0.3 is 0 Å². The molecule has 1 aliphatic heterocycles. The van der Waals surface area contributed by atoms with Crippen molar-refractivity contribution in [1.82, 2.24) is 20.0 Å². The summed E-state index contributed by atoms with van der Waals surface area (Å²) in [5.41, 5.74) is 0.617. The fourth-order valence-corrected chi connectivity index (χ4v) is 3.56. The summed E-state index contributed by atoms with van der Waals surface area (Å²) in [7, 11) is 0. The van der Waals surface area contributed by atoms with E-state index < -0.39 is 5.54 Å². The van der Waals surface area contributed by atoms with Crippen LogP contribution in [0.4, 0.5) is 5.69 Å². The predicted octanol–water partition coefficient (Wildman–Crippen LogP) is 2.08. The zero-order chi connectivity index (χ0) is 19.3. The molecule has 2 heterocycles. The van der Waals surface area contributed by atoms with Crippen LogP contribution in [0, 0.1) is 0 Å².